The molecule has 28 heavy (non-hydrogen) atoms. The SMILES string of the molecule is COc1ccc(NC(=O)c2cccc(S(=O)(=O)NC3CCCC3)c2)cc1N.Cl. The maximum atomic E-state index is 12.6. The third-order valence-electron chi connectivity index (χ3n) is 4.57. The van der Waals surface area contributed by atoms with Crippen LogP contribution in [0, 0.1) is 0 Å². The summed E-state index contributed by atoms with van der Waals surface area (Å²) in [5.74, 6) is 0.0940. The second-order valence-electron chi connectivity index (χ2n) is 6.54. The van der Waals surface area contributed by atoms with Crippen LogP contribution in [-0.2, 0) is 10.0 Å². The van der Waals surface area contributed by atoms with Crippen molar-refractivity contribution in [3.63, 3.8) is 0 Å². The van der Waals surface area contributed by atoms with E-state index in [0.717, 1.165) is 25.7 Å². The first-order valence-electron chi connectivity index (χ1n) is 8.76. The zero-order valence-electron chi connectivity index (χ0n) is 15.5. The highest BCUT2D eigenvalue weighted by atomic mass is 35.5. The first-order valence-corrected chi connectivity index (χ1v) is 10.2. The highest BCUT2D eigenvalue weighted by Crippen LogP contribution is 2.25. The molecule has 9 heteroatoms. The smallest absolute Gasteiger partial charge is 0.255 e. The Balaban J connectivity index is 0.00000280. The molecule has 1 amide bonds. The standard InChI is InChI=1S/C19H23N3O4S.ClH/c1-26-18-10-9-15(12-17(18)20)21-19(23)13-5-4-8-16(11-13)27(24,25)22-14-6-2-3-7-14;/h4-5,8-12,14,22H,2-3,6-7,20H2,1H3,(H,21,23);1H. The fourth-order valence-electron chi connectivity index (χ4n) is 3.15. The first kappa shape index (κ1) is 22.0. The predicted molar refractivity (Wildman–Crippen MR) is 112 cm³/mol. The van der Waals surface area contributed by atoms with E-state index in [-0.39, 0.29) is 28.9 Å². The van der Waals surface area contributed by atoms with Gasteiger partial charge in [0.15, 0.2) is 0 Å². The summed E-state index contributed by atoms with van der Waals surface area (Å²) in [6.45, 7) is 0. The molecule has 1 aliphatic rings. The summed E-state index contributed by atoms with van der Waals surface area (Å²) in [5.41, 5.74) is 6.98. The molecule has 0 heterocycles. The second kappa shape index (κ2) is 9.27. The van der Waals surface area contributed by atoms with Gasteiger partial charge in [0.05, 0.1) is 17.7 Å². The van der Waals surface area contributed by atoms with E-state index < -0.39 is 15.9 Å². The van der Waals surface area contributed by atoms with Crippen molar-refractivity contribution in [3.05, 3.63) is 48.0 Å². The van der Waals surface area contributed by atoms with E-state index in [0.29, 0.717) is 17.1 Å². The minimum absolute atomic E-state index is 0. The van der Waals surface area contributed by atoms with Crippen LogP contribution >= 0.6 is 12.4 Å². The Morgan fingerprint density at radius 3 is 2.50 bits per heavy atom. The molecule has 0 saturated heterocycles. The Hall–Kier alpha value is -2.29. The molecule has 2 aromatic carbocycles. The Bertz CT molecular complexity index is 944. The maximum Gasteiger partial charge on any atom is 0.255 e. The fraction of sp³-hybridized carbons (Fsp3) is 0.316. The average Bonchev–Trinajstić information content (AvgIpc) is 3.14. The van der Waals surface area contributed by atoms with E-state index in [9.17, 15) is 13.2 Å². The van der Waals surface area contributed by atoms with Gasteiger partial charge in [-0.15, -0.1) is 12.4 Å². The Labute approximate surface area is 171 Å². The summed E-state index contributed by atoms with van der Waals surface area (Å²) < 4.78 is 32.9. The number of nitrogens with one attached hydrogen (secondary N) is 2. The number of nitrogen functional groups attached to an aromatic ring is 1. The lowest BCUT2D eigenvalue weighted by Gasteiger charge is -2.13. The van der Waals surface area contributed by atoms with Gasteiger partial charge in [0.1, 0.15) is 5.75 Å². The van der Waals surface area contributed by atoms with Crippen LogP contribution in [0.4, 0.5) is 11.4 Å². The summed E-state index contributed by atoms with van der Waals surface area (Å²) in [6, 6.07) is 10.8. The molecular formula is C19H24ClN3O4S. The van der Waals surface area contributed by atoms with Gasteiger partial charge in [-0.05, 0) is 49.2 Å². The number of hydrogen-bond donors (Lipinski definition) is 3. The van der Waals surface area contributed by atoms with Crippen molar-refractivity contribution in [3.8, 4) is 5.75 Å². The first-order chi connectivity index (χ1) is 12.9. The van der Waals surface area contributed by atoms with E-state index in [4.69, 9.17) is 10.5 Å². The molecule has 0 bridgehead atoms. The predicted octanol–water partition coefficient (Wildman–Crippen LogP) is 3.17. The summed E-state index contributed by atoms with van der Waals surface area (Å²) >= 11 is 0. The molecule has 0 aliphatic heterocycles. The van der Waals surface area contributed by atoms with Crippen LogP contribution in [0.2, 0.25) is 0 Å². The van der Waals surface area contributed by atoms with Crippen LogP contribution in [0.15, 0.2) is 47.4 Å². The second-order valence-corrected chi connectivity index (χ2v) is 8.26. The number of amides is 1. The Morgan fingerprint density at radius 1 is 1.14 bits per heavy atom. The topological polar surface area (TPSA) is 111 Å². The Morgan fingerprint density at radius 2 is 1.86 bits per heavy atom. The molecule has 1 aliphatic carbocycles. The van der Waals surface area contributed by atoms with E-state index in [2.05, 4.69) is 10.0 Å². The molecule has 4 N–H and O–H groups in total. The maximum absolute atomic E-state index is 12.6. The van der Waals surface area contributed by atoms with Crippen molar-refractivity contribution < 1.29 is 17.9 Å². The lowest BCUT2D eigenvalue weighted by Crippen LogP contribution is -2.32. The molecule has 2 aromatic rings. The van der Waals surface area contributed by atoms with Gasteiger partial charge < -0.3 is 15.8 Å². The molecule has 152 valence electrons. The number of sulfonamides is 1. The van der Waals surface area contributed by atoms with Crippen molar-refractivity contribution >= 4 is 39.7 Å². The third-order valence-corrected chi connectivity index (χ3v) is 6.09. The molecule has 0 spiro atoms. The lowest BCUT2D eigenvalue weighted by atomic mass is 10.2. The molecule has 1 saturated carbocycles. The van der Waals surface area contributed by atoms with Crippen LogP contribution in [0.5, 0.6) is 5.75 Å². The van der Waals surface area contributed by atoms with Gasteiger partial charge in [-0.3, -0.25) is 4.79 Å². The lowest BCUT2D eigenvalue weighted by molar-refractivity contribution is 0.102. The third kappa shape index (κ3) is 5.15. The number of nitrogens with two attached hydrogens (primary N) is 1. The minimum Gasteiger partial charge on any atom is -0.495 e. The van der Waals surface area contributed by atoms with Crippen molar-refractivity contribution in [2.75, 3.05) is 18.2 Å². The van der Waals surface area contributed by atoms with Gasteiger partial charge in [0.2, 0.25) is 10.0 Å². The van der Waals surface area contributed by atoms with Crippen LogP contribution in [0.3, 0.4) is 0 Å². The molecular weight excluding hydrogens is 402 g/mol. The fourth-order valence-corrected chi connectivity index (χ4v) is 4.50. The number of ether oxygens (including phenoxy) is 1. The monoisotopic (exact) mass is 425 g/mol. The summed E-state index contributed by atoms with van der Waals surface area (Å²) in [5, 5.41) is 2.71. The largest absolute Gasteiger partial charge is 0.495 e. The number of carbonyl (C=O) groups excluding carboxylic acids is 1. The normalized spacial score (nSPS) is 14.3. The molecule has 1 fully saturated rings. The molecule has 7 nitrogen and oxygen atoms in total. The zero-order valence-corrected chi connectivity index (χ0v) is 17.1. The number of rotatable bonds is 6. The molecule has 0 aromatic heterocycles. The van der Waals surface area contributed by atoms with Crippen molar-refractivity contribution in [1.82, 2.24) is 4.72 Å². The molecule has 0 unspecified atom stereocenters. The quantitative estimate of drug-likeness (QED) is 0.615. The van der Waals surface area contributed by atoms with Gasteiger partial charge in [0, 0.05) is 17.3 Å². The number of halogens is 1. The minimum atomic E-state index is -3.65. The molecule has 3 rings (SSSR count). The number of hydrogen-bond acceptors (Lipinski definition) is 5. The van der Waals surface area contributed by atoms with Gasteiger partial charge >= 0.3 is 0 Å². The van der Waals surface area contributed by atoms with Gasteiger partial charge in [0.25, 0.3) is 5.91 Å². The summed E-state index contributed by atoms with van der Waals surface area (Å²) in [7, 11) is -2.15. The van der Waals surface area contributed by atoms with E-state index in [1.54, 1.807) is 30.3 Å². The van der Waals surface area contributed by atoms with Gasteiger partial charge in [-0.2, -0.15) is 0 Å². The molecule has 0 atom stereocenters. The highest BCUT2D eigenvalue weighted by molar-refractivity contribution is 7.89. The van der Waals surface area contributed by atoms with Crippen LogP contribution < -0.4 is 20.5 Å². The van der Waals surface area contributed by atoms with Crippen molar-refractivity contribution in [2.45, 2.75) is 36.6 Å². The summed E-state index contributed by atoms with van der Waals surface area (Å²) in [4.78, 5) is 12.6. The van der Waals surface area contributed by atoms with Crippen molar-refractivity contribution in [2.24, 2.45) is 0 Å². The van der Waals surface area contributed by atoms with Crippen LogP contribution in [0.25, 0.3) is 0 Å². The molecule has 0 radical (unpaired) electrons. The van der Waals surface area contributed by atoms with E-state index in [1.165, 1.54) is 19.2 Å². The van der Waals surface area contributed by atoms with Crippen molar-refractivity contribution in [1.29, 1.82) is 0 Å². The number of methoxy groups -OCH3 is 1. The Kier molecular flexibility index (Phi) is 7.29. The van der Waals surface area contributed by atoms with Gasteiger partial charge in [-0.1, -0.05) is 18.9 Å². The van der Waals surface area contributed by atoms with Crippen LogP contribution in [-0.4, -0.2) is 27.5 Å². The highest BCUT2D eigenvalue weighted by Gasteiger charge is 2.23. The van der Waals surface area contributed by atoms with E-state index >= 15 is 0 Å². The zero-order chi connectivity index (χ0) is 19.4. The average molecular weight is 426 g/mol. The van der Waals surface area contributed by atoms with Gasteiger partial charge in [-0.25, -0.2) is 13.1 Å². The van der Waals surface area contributed by atoms with Crippen LogP contribution in [0.1, 0.15) is 36.0 Å². The number of anilines is 2. The number of benzene rings is 2. The summed E-state index contributed by atoms with van der Waals surface area (Å²) in [6.07, 6.45) is 3.75. The number of carbonyl (C=O) groups is 1. The van der Waals surface area contributed by atoms with E-state index in [1.807, 2.05) is 0 Å².